The molecule has 122 valence electrons. The predicted molar refractivity (Wildman–Crippen MR) is 98.8 cm³/mol. The van der Waals surface area contributed by atoms with Gasteiger partial charge in [-0.3, -0.25) is 4.79 Å². The zero-order chi connectivity index (χ0) is 16.4. The lowest BCUT2D eigenvalue weighted by Crippen LogP contribution is -2.21. The van der Waals surface area contributed by atoms with E-state index in [-0.39, 0.29) is 8.95 Å². The molecule has 1 aromatic heterocycles. The molecule has 0 unspecified atom stereocenters. The number of rotatable bonds is 3. The Morgan fingerprint density at radius 1 is 1.04 bits per heavy atom. The highest BCUT2D eigenvalue weighted by Gasteiger charge is 2.18. The summed E-state index contributed by atoms with van der Waals surface area (Å²) in [5.74, 6) is 1.15. The Labute approximate surface area is 150 Å². The third kappa shape index (κ3) is 4.18. The second kappa shape index (κ2) is 6.98. The Hall–Kier alpha value is -0.810. The molecule has 0 radical (unpaired) electrons. The topological polar surface area (TPSA) is 75.6 Å². The molecule has 0 saturated heterocycles. The Morgan fingerprint density at radius 2 is 1.61 bits per heavy atom. The largest absolute Gasteiger partial charge is 0.289 e. The molecule has 2 heterocycles. The van der Waals surface area contributed by atoms with Gasteiger partial charge in [0, 0.05) is 11.5 Å². The van der Waals surface area contributed by atoms with Gasteiger partial charge < -0.3 is 0 Å². The monoisotopic (exact) mass is 404 g/mol. The molecule has 1 N–H and O–H groups in total. The van der Waals surface area contributed by atoms with Crippen molar-refractivity contribution < 1.29 is 8.42 Å². The van der Waals surface area contributed by atoms with Gasteiger partial charge in [-0.25, -0.2) is 4.83 Å². The molecular weight excluding hydrogens is 392 g/mol. The average molecular weight is 405 g/mol. The van der Waals surface area contributed by atoms with Crippen LogP contribution in [0.4, 0.5) is 0 Å². The van der Waals surface area contributed by atoms with Crippen molar-refractivity contribution in [3.63, 3.8) is 0 Å². The molecule has 0 fully saturated rings. The van der Waals surface area contributed by atoms with E-state index in [1.807, 2.05) is 6.92 Å². The van der Waals surface area contributed by atoms with Crippen LogP contribution in [0.1, 0.15) is 5.56 Å². The summed E-state index contributed by atoms with van der Waals surface area (Å²) in [7, 11) is -3.65. The van der Waals surface area contributed by atoms with Crippen molar-refractivity contribution >= 4 is 61.9 Å². The molecule has 10 heteroatoms. The van der Waals surface area contributed by atoms with Crippen LogP contribution in [-0.4, -0.2) is 25.6 Å². The summed E-state index contributed by atoms with van der Waals surface area (Å²) in [5, 5.41) is 4.07. The standard InChI is InChI=1S/C13H12N2O3S5/c1-8-2-4-10(5-3-8)23(17,18)15-14-9-6-19-11-12(20-7-9)22-13(16)21-11/h2-5,15H,6-7H2,1H3. The summed E-state index contributed by atoms with van der Waals surface area (Å²) in [5.41, 5.74) is 1.75. The van der Waals surface area contributed by atoms with Gasteiger partial charge in [-0.05, 0) is 19.1 Å². The molecule has 0 spiro atoms. The third-order valence-electron chi connectivity index (χ3n) is 2.91. The normalized spacial score (nSPS) is 14.9. The molecule has 3 rings (SSSR count). The van der Waals surface area contributed by atoms with E-state index in [0.29, 0.717) is 11.5 Å². The molecule has 1 aliphatic rings. The van der Waals surface area contributed by atoms with E-state index in [2.05, 4.69) is 9.93 Å². The van der Waals surface area contributed by atoms with Gasteiger partial charge in [0.1, 0.15) is 0 Å². The summed E-state index contributed by atoms with van der Waals surface area (Å²) in [6, 6.07) is 6.62. The number of hydrazone groups is 1. The maximum absolute atomic E-state index is 12.2. The Kier molecular flexibility index (Phi) is 5.16. The first kappa shape index (κ1) is 17.0. The molecule has 0 atom stereocenters. The van der Waals surface area contributed by atoms with Crippen LogP contribution in [-0.2, 0) is 10.0 Å². The summed E-state index contributed by atoms with van der Waals surface area (Å²) >= 11 is 5.54. The second-order valence-electron chi connectivity index (χ2n) is 4.69. The van der Waals surface area contributed by atoms with Gasteiger partial charge >= 0.3 is 0 Å². The highest BCUT2D eigenvalue weighted by Crippen LogP contribution is 2.39. The predicted octanol–water partition coefficient (Wildman–Crippen LogP) is 3.01. The van der Waals surface area contributed by atoms with E-state index in [1.165, 1.54) is 46.2 Å². The van der Waals surface area contributed by atoms with E-state index >= 15 is 0 Å². The minimum absolute atomic E-state index is 0.0930. The summed E-state index contributed by atoms with van der Waals surface area (Å²) < 4.78 is 26.5. The van der Waals surface area contributed by atoms with E-state index in [0.717, 1.165) is 19.7 Å². The maximum Gasteiger partial charge on any atom is 0.289 e. The number of sulfonamides is 1. The van der Waals surface area contributed by atoms with Crippen molar-refractivity contribution in [1.29, 1.82) is 0 Å². The minimum Gasteiger partial charge on any atom is -0.265 e. The van der Waals surface area contributed by atoms with Gasteiger partial charge in [0.05, 0.1) is 19.0 Å². The summed E-state index contributed by atoms with van der Waals surface area (Å²) in [4.78, 5) is 13.9. The van der Waals surface area contributed by atoms with E-state index in [9.17, 15) is 13.2 Å². The SMILES string of the molecule is Cc1ccc(S(=O)(=O)NN=C2CSc3sc(=O)sc3SC2)cc1. The highest BCUT2D eigenvalue weighted by atomic mass is 32.2. The molecular formula is C13H12N2O3S5. The van der Waals surface area contributed by atoms with Gasteiger partial charge in [0.25, 0.3) is 14.1 Å². The molecule has 2 aromatic rings. The average Bonchev–Trinajstić information content (AvgIpc) is 2.76. The lowest BCUT2D eigenvalue weighted by molar-refractivity contribution is 0.584. The Balaban J connectivity index is 1.72. The zero-order valence-corrected chi connectivity index (χ0v) is 16.0. The number of fused-ring (bicyclic) bond motifs is 1. The fourth-order valence-electron chi connectivity index (χ4n) is 1.73. The first-order valence-electron chi connectivity index (χ1n) is 6.47. The van der Waals surface area contributed by atoms with Gasteiger partial charge in [-0.15, -0.1) is 23.5 Å². The molecule has 1 aromatic carbocycles. The van der Waals surface area contributed by atoms with Gasteiger partial charge in [0.15, 0.2) is 0 Å². The van der Waals surface area contributed by atoms with Crippen LogP contribution >= 0.6 is 46.2 Å². The molecule has 5 nitrogen and oxygen atoms in total. The molecule has 0 bridgehead atoms. The minimum atomic E-state index is -3.65. The van der Waals surface area contributed by atoms with Crippen LogP contribution in [0.15, 0.2) is 47.5 Å². The molecule has 0 aliphatic carbocycles. The van der Waals surface area contributed by atoms with Crippen LogP contribution < -0.4 is 8.89 Å². The number of nitrogens with zero attached hydrogens (tertiary/aromatic N) is 1. The van der Waals surface area contributed by atoms with Crippen LogP contribution in [0.5, 0.6) is 0 Å². The van der Waals surface area contributed by atoms with Gasteiger partial charge in [-0.1, -0.05) is 40.4 Å². The van der Waals surface area contributed by atoms with Crippen LogP contribution in [0.3, 0.4) is 0 Å². The number of nitrogens with one attached hydrogen (secondary N) is 1. The van der Waals surface area contributed by atoms with Gasteiger partial charge in [-0.2, -0.15) is 13.5 Å². The lowest BCUT2D eigenvalue weighted by Gasteiger charge is -2.06. The van der Waals surface area contributed by atoms with Crippen LogP contribution in [0, 0.1) is 6.92 Å². The fraction of sp³-hybridized carbons (Fsp3) is 0.231. The number of benzene rings is 1. The number of hydrogen-bond donors (Lipinski definition) is 1. The Morgan fingerprint density at radius 3 is 2.17 bits per heavy atom. The van der Waals surface area contributed by atoms with Crippen molar-refractivity contribution in [3.8, 4) is 0 Å². The molecule has 23 heavy (non-hydrogen) atoms. The van der Waals surface area contributed by atoms with Crippen molar-refractivity contribution in [1.82, 2.24) is 4.83 Å². The molecule has 0 amide bonds. The highest BCUT2D eigenvalue weighted by molar-refractivity contribution is 8.06. The number of hydrogen-bond acceptors (Lipinski definition) is 8. The smallest absolute Gasteiger partial charge is 0.265 e. The molecule has 0 saturated carbocycles. The van der Waals surface area contributed by atoms with Crippen molar-refractivity contribution in [2.75, 3.05) is 11.5 Å². The lowest BCUT2D eigenvalue weighted by atomic mass is 10.2. The zero-order valence-electron chi connectivity index (χ0n) is 11.9. The number of aryl methyl sites for hydroxylation is 1. The second-order valence-corrected chi connectivity index (χ2v) is 11.1. The van der Waals surface area contributed by atoms with E-state index < -0.39 is 10.0 Å². The maximum atomic E-state index is 12.2. The van der Waals surface area contributed by atoms with E-state index in [4.69, 9.17) is 0 Å². The quantitative estimate of drug-likeness (QED) is 0.796. The van der Waals surface area contributed by atoms with E-state index in [1.54, 1.807) is 24.3 Å². The van der Waals surface area contributed by atoms with Crippen LogP contribution in [0.2, 0.25) is 0 Å². The first-order valence-corrected chi connectivity index (χ1v) is 11.6. The van der Waals surface area contributed by atoms with Crippen molar-refractivity contribution in [3.05, 3.63) is 38.7 Å². The molecule has 1 aliphatic heterocycles. The Bertz CT molecular complexity index is 866. The first-order chi connectivity index (χ1) is 10.9. The summed E-state index contributed by atoms with van der Waals surface area (Å²) in [6.45, 7) is 1.90. The fourth-order valence-corrected chi connectivity index (χ4v) is 7.81. The number of thioether (sulfide) groups is 2. The van der Waals surface area contributed by atoms with Crippen molar-refractivity contribution in [2.45, 2.75) is 20.2 Å². The van der Waals surface area contributed by atoms with Crippen molar-refractivity contribution in [2.24, 2.45) is 5.10 Å². The third-order valence-corrected chi connectivity index (χ3v) is 9.36. The van der Waals surface area contributed by atoms with Crippen LogP contribution in [0.25, 0.3) is 0 Å². The summed E-state index contributed by atoms with van der Waals surface area (Å²) in [6.07, 6.45) is 0. The van der Waals surface area contributed by atoms with Gasteiger partial charge in [0.2, 0.25) is 0 Å².